The van der Waals surface area contributed by atoms with Crippen LogP contribution in [-0.4, -0.2) is 35.0 Å². The summed E-state index contributed by atoms with van der Waals surface area (Å²) >= 11 is 0. The molecule has 0 atom stereocenters. The summed E-state index contributed by atoms with van der Waals surface area (Å²) in [6.45, 7) is 4.13. The minimum atomic E-state index is -0.885. The maximum atomic E-state index is 11.7. The molecule has 0 aromatic heterocycles. The van der Waals surface area contributed by atoms with Gasteiger partial charge in [-0.1, -0.05) is 0 Å². The van der Waals surface area contributed by atoms with Gasteiger partial charge in [-0.3, -0.25) is 19.7 Å². The van der Waals surface area contributed by atoms with Crippen LogP contribution in [0.1, 0.15) is 33.1 Å². The fraction of sp³-hybridized carbons (Fsp3) is 0.500. The highest BCUT2D eigenvalue weighted by molar-refractivity contribution is 5.76. The van der Waals surface area contributed by atoms with Crippen LogP contribution in [0.4, 0.5) is 11.4 Å². The number of carboxylic acids is 1. The Kier molecular flexibility index (Phi) is 7.16. The second-order valence-corrected chi connectivity index (χ2v) is 6.12. The Balaban J connectivity index is 2.19. The lowest BCUT2D eigenvalue weighted by Gasteiger charge is -2.18. The number of rotatable bonds is 10. The third-order valence-electron chi connectivity index (χ3n) is 3.64. The van der Waals surface area contributed by atoms with Gasteiger partial charge in [-0.15, -0.1) is 0 Å². The summed E-state index contributed by atoms with van der Waals surface area (Å²) in [6, 6.07) is 6.07. The van der Waals surface area contributed by atoms with Crippen molar-refractivity contribution in [3.8, 4) is 0 Å². The van der Waals surface area contributed by atoms with Gasteiger partial charge in [0.15, 0.2) is 0 Å². The Morgan fingerprint density at radius 1 is 1.21 bits per heavy atom. The number of carbonyl (C=O) groups is 2. The number of hydrogen-bond donors (Lipinski definition) is 3. The van der Waals surface area contributed by atoms with Crippen molar-refractivity contribution in [1.29, 1.82) is 0 Å². The lowest BCUT2D eigenvalue weighted by molar-refractivity contribution is -0.384. The second-order valence-electron chi connectivity index (χ2n) is 6.12. The fourth-order valence-electron chi connectivity index (χ4n) is 1.89. The number of non-ortho nitro benzene ring substituents is 1. The van der Waals surface area contributed by atoms with Gasteiger partial charge in [0, 0.05) is 37.3 Å². The lowest BCUT2D eigenvalue weighted by atomic mass is 9.90. The first kappa shape index (κ1) is 19.4. The van der Waals surface area contributed by atoms with Crippen LogP contribution in [0, 0.1) is 15.5 Å². The van der Waals surface area contributed by atoms with Crippen LogP contribution in [0.5, 0.6) is 0 Å². The van der Waals surface area contributed by atoms with Crippen molar-refractivity contribution < 1.29 is 19.6 Å². The average Bonchev–Trinajstić information content (AvgIpc) is 2.51. The maximum Gasteiger partial charge on any atom is 0.309 e. The van der Waals surface area contributed by atoms with E-state index >= 15 is 0 Å². The summed E-state index contributed by atoms with van der Waals surface area (Å²) in [5.41, 5.74) is -0.0708. The van der Waals surface area contributed by atoms with E-state index in [4.69, 9.17) is 5.11 Å². The molecule has 0 aliphatic carbocycles. The summed E-state index contributed by atoms with van der Waals surface area (Å²) in [5, 5.41) is 25.3. The number of aliphatic carboxylic acids is 1. The monoisotopic (exact) mass is 337 g/mol. The van der Waals surface area contributed by atoms with Crippen LogP contribution >= 0.6 is 0 Å². The summed E-state index contributed by atoms with van der Waals surface area (Å²) in [4.78, 5) is 32.7. The number of benzene rings is 1. The van der Waals surface area contributed by atoms with Gasteiger partial charge < -0.3 is 15.7 Å². The first-order valence-electron chi connectivity index (χ1n) is 7.71. The minimum Gasteiger partial charge on any atom is -0.481 e. The number of hydrogen-bond acceptors (Lipinski definition) is 5. The molecular formula is C16H23N3O5. The minimum absolute atomic E-state index is 0.0317. The van der Waals surface area contributed by atoms with E-state index in [-0.39, 0.29) is 11.6 Å². The molecule has 1 aromatic rings. The summed E-state index contributed by atoms with van der Waals surface area (Å²) in [7, 11) is 0. The zero-order valence-corrected chi connectivity index (χ0v) is 13.9. The number of nitro groups is 1. The van der Waals surface area contributed by atoms with E-state index in [0.717, 1.165) is 5.69 Å². The normalized spacial score (nSPS) is 10.9. The molecule has 0 saturated heterocycles. The topological polar surface area (TPSA) is 122 Å². The third kappa shape index (κ3) is 6.64. The molecule has 132 valence electrons. The van der Waals surface area contributed by atoms with Gasteiger partial charge >= 0.3 is 5.97 Å². The van der Waals surface area contributed by atoms with E-state index < -0.39 is 16.3 Å². The van der Waals surface area contributed by atoms with Crippen molar-refractivity contribution in [3.05, 3.63) is 34.4 Å². The predicted octanol–water partition coefficient (Wildman–Crippen LogP) is 2.40. The smallest absolute Gasteiger partial charge is 0.309 e. The molecule has 1 aromatic carbocycles. The Labute approximate surface area is 140 Å². The molecule has 8 heteroatoms. The Morgan fingerprint density at radius 2 is 1.83 bits per heavy atom. The Hall–Kier alpha value is -2.64. The molecule has 0 unspecified atom stereocenters. The summed E-state index contributed by atoms with van der Waals surface area (Å²) in [6.07, 6.45) is 1.30. The molecule has 0 bridgehead atoms. The molecule has 8 nitrogen and oxygen atoms in total. The van der Waals surface area contributed by atoms with Gasteiger partial charge in [0.05, 0.1) is 10.3 Å². The predicted molar refractivity (Wildman–Crippen MR) is 89.9 cm³/mol. The molecule has 24 heavy (non-hydrogen) atoms. The van der Waals surface area contributed by atoms with Crippen molar-refractivity contribution >= 4 is 23.3 Å². The number of carbonyl (C=O) groups excluding carboxylic acids is 1. The van der Waals surface area contributed by atoms with Gasteiger partial charge in [-0.05, 0) is 38.8 Å². The third-order valence-corrected chi connectivity index (χ3v) is 3.64. The van der Waals surface area contributed by atoms with Crippen molar-refractivity contribution in [2.45, 2.75) is 33.1 Å². The van der Waals surface area contributed by atoms with Gasteiger partial charge in [0.1, 0.15) is 0 Å². The van der Waals surface area contributed by atoms with Crippen LogP contribution in [0.2, 0.25) is 0 Å². The highest BCUT2D eigenvalue weighted by Gasteiger charge is 2.26. The highest BCUT2D eigenvalue weighted by atomic mass is 16.6. The molecule has 3 N–H and O–H groups in total. The number of carboxylic acid groups (broad SMARTS) is 1. The SMILES string of the molecule is CC(C)(CCNC(=O)CCCNc1ccc([N+](=O)[O-])cc1)C(=O)O. The maximum absolute atomic E-state index is 11.7. The van der Waals surface area contributed by atoms with E-state index in [9.17, 15) is 19.7 Å². The van der Waals surface area contributed by atoms with Crippen LogP contribution < -0.4 is 10.6 Å². The molecule has 0 saturated carbocycles. The molecular weight excluding hydrogens is 314 g/mol. The van der Waals surface area contributed by atoms with Gasteiger partial charge in [-0.25, -0.2) is 0 Å². The average molecular weight is 337 g/mol. The largest absolute Gasteiger partial charge is 0.481 e. The van der Waals surface area contributed by atoms with Crippen molar-refractivity contribution in [2.24, 2.45) is 5.41 Å². The van der Waals surface area contributed by atoms with Crippen LogP contribution in [0.15, 0.2) is 24.3 Å². The number of nitrogens with zero attached hydrogens (tertiary/aromatic N) is 1. The molecule has 0 fully saturated rings. The van der Waals surface area contributed by atoms with Crippen molar-refractivity contribution in [3.63, 3.8) is 0 Å². The van der Waals surface area contributed by atoms with E-state index in [0.29, 0.717) is 32.4 Å². The molecule has 1 rings (SSSR count). The van der Waals surface area contributed by atoms with Crippen molar-refractivity contribution in [2.75, 3.05) is 18.4 Å². The molecule has 1 amide bonds. The number of anilines is 1. The fourth-order valence-corrected chi connectivity index (χ4v) is 1.89. The molecule has 0 aliphatic heterocycles. The number of nitro benzene ring substituents is 1. The van der Waals surface area contributed by atoms with E-state index in [2.05, 4.69) is 10.6 Å². The standard InChI is InChI=1S/C16H23N3O5/c1-16(2,15(21)22)9-11-18-14(20)4-3-10-17-12-5-7-13(8-6-12)19(23)24/h5-8,17H,3-4,9-11H2,1-2H3,(H,18,20)(H,21,22). The van der Waals surface area contributed by atoms with E-state index in [1.807, 2.05) is 0 Å². The lowest BCUT2D eigenvalue weighted by Crippen LogP contribution is -2.32. The van der Waals surface area contributed by atoms with E-state index in [1.54, 1.807) is 26.0 Å². The highest BCUT2D eigenvalue weighted by Crippen LogP contribution is 2.19. The zero-order valence-electron chi connectivity index (χ0n) is 13.9. The second kappa shape index (κ2) is 8.85. The molecule has 0 heterocycles. The van der Waals surface area contributed by atoms with Gasteiger partial charge in [0.25, 0.3) is 5.69 Å². The molecule has 0 aliphatic rings. The first-order valence-corrected chi connectivity index (χ1v) is 7.71. The molecule has 0 radical (unpaired) electrons. The number of amides is 1. The Bertz CT molecular complexity index is 584. The zero-order chi connectivity index (χ0) is 18.2. The number of nitrogens with one attached hydrogen (secondary N) is 2. The van der Waals surface area contributed by atoms with Crippen LogP contribution in [0.3, 0.4) is 0 Å². The summed E-state index contributed by atoms with van der Waals surface area (Å²) in [5.74, 6) is -1.01. The van der Waals surface area contributed by atoms with Gasteiger partial charge in [0.2, 0.25) is 5.91 Å². The van der Waals surface area contributed by atoms with E-state index in [1.165, 1.54) is 12.1 Å². The van der Waals surface area contributed by atoms with Crippen molar-refractivity contribution in [1.82, 2.24) is 5.32 Å². The molecule has 0 spiro atoms. The summed E-state index contributed by atoms with van der Waals surface area (Å²) < 4.78 is 0. The van der Waals surface area contributed by atoms with Gasteiger partial charge in [-0.2, -0.15) is 0 Å². The Morgan fingerprint density at radius 3 is 2.38 bits per heavy atom. The van der Waals surface area contributed by atoms with Crippen LogP contribution in [0.25, 0.3) is 0 Å². The quantitative estimate of drug-likeness (QED) is 0.342. The van der Waals surface area contributed by atoms with Crippen LogP contribution in [-0.2, 0) is 9.59 Å². The first-order chi connectivity index (χ1) is 11.2.